The van der Waals surface area contributed by atoms with Crippen molar-refractivity contribution in [2.45, 2.75) is 6.54 Å². The van der Waals surface area contributed by atoms with Crippen LogP contribution in [0.5, 0.6) is 0 Å². The minimum atomic E-state index is 0.867. The maximum absolute atomic E-state index is 4.42. The first-order valence-corrected chi connectivity index (χ1v) is 4.92. The molecule has 74 valence electrons. The Morgan fingerprint density at radius 3 is 3.43 bits per heavy atom. The van der Waals surface area contributed by atoms with Gasteiger partial charge in [-0.05, 0) is 6.07 Å². The third-order valence-electron chi connectivity index (χ3n) is 2.39. The molecule has 2 heterocycles. The minimum absolute atomic E-state index is 0.867. The molecule has 1 aromatic rings. The molecule has 0 amide bonds. The van der Waals surface area contributed by atoms with Gasteiger partial charge in [-0.25, -0.2) is 4.98 Å². The van der Waals surface area contributed by atoms with E-state index in [1.165, 1.54) is 5.56 Å². The summed E-state index contributed by atoms with van der Waals surface area (Å²) < 4.78 is 0. The summed E-state index contributed by atoms with van der Waals surface area (Å²) in [5.41, 5.74) is 1.27. The number of nitrogens with zero attached hydrogens (tertiary/aromatic N) is 2. The lowest BCUT2D eigenvalue weighted by Gasteiger charge is -2.21. The second kappa shape index (κ2) is 4.24. The Morgan fingerprint density at radius 1 is 1.64 bits per heavy atom. The molecule has 0 radical (unpaired) electrons. The quantitative estimate of drug-likeness (QED) is 0.708. The van der Waals surface area contributed by atoms with Crippen molar-refractivity contribution >= 4 is 5.82 Å². The van der Waals surface area contributed by atoms with E-state index >= 15 is 0 Å². The van der Waals surface area contributed by atoms with Crippen molar-refractivity contribution < 1.29 is 0 Å². The van der Waals surface area contributed by atoms with Crippen LogP contribution in [0.4, 0.5) is 5.82 Å². The van der Waals surface area contributed by atoms with E-state index in [-0.39, 0.29) is 0 Å². The normalized spacial score (nSPS) is 15.9. The first-order valence-electron chi connectivity index (χ1n) is 4.92. The molecule has 0 aliphatic carbocycles. The highest BCUT2D eigenvalue weighted by molar-refractivity contribution is 5.48. The Balaban J connectivity index is 2.31. The van der Waals surface area contributed by atoms with Gasteiger partial charge in [-0.3, -0.25) is 0 Å². The predicted molar refractivity (Wildman–Crippen MR) is 58.4 cm³/mol. The Labute approximate surface area is 84.5 Å². The van der Waals surface area contributed by atoms with Gasteiger partial charge in [-0.2, -0.15) is 0 Å². The molecule has 1 aliphatic rings. The van der Waals surface area contributed by atoms with E-state index in [9.17, 15) is 0 Å². The van der Waals surface area contributed by atoms with Crippen LogP contribution in [0.25, 0.3) is 0 Å². The Morgan fingerprint density at radius 2 is 2.57 bits per heavy atom. The van der Waals surface area contributed by atoms with Crippen molar-refractivity contribution in [3.8, 4) is 0 Å². The molecular weight excluding hydrogens is 174 g/mol. The number of hydrogen-bond donors (Lipinski definition) is 1. The zero-order chi connectivity index (χ0) is 9.80. The lowest BCUT2D eigenvalue weighted by Crippen LogP contribution is -2.29. The fraction of sp³-hybridized carbons (Fsp3) is 0.364. The highest BCUT2D eigenvalue weighted by atomic mass is 15.2. The SMILES string of the molecule is C=CCN1CCNCc2cccnc21. The fourth-order valence-corrected chi connectivity index (χ4v) is 1.73. The number of rotatable bonds is 2. The summed E-state index contributed by atoms with van der Waals surface area (Å²) in [7, 11) is 0. The maximum atomic E-state index is 4.42. The molecule has 1 aromatic heterocycles. The van der Waals surface area contributed by atoms with Gasteiger partial charge >= 0.3 is 0 Å². The first-order chi connectivity index (χ1) is 6.92. The van der Waals surface area contributed by atoms with E-state index in [0.29, 0.717) is 0 Å². The standard InChI is InChI=1S/C11H15N3/c1-2-7-14-8-6-12-9-10-4-3-5-13-11(10)14/h2-5,12H,1,6-9H2. The highest BCUT2D eigenvalue weighted by Gasteiger charge is 2.13. The molecule has 0 aromatic carbocycles. The predicted octanol–water partition coefficient (Wildman–Crippen LogP) is 1.18. The zero-order valence-electron chi connectivity index (χ0n) is 8.24. The summed E-state index contributed by atoms with van der Waals surface area (Å²) in [6.45, 7) is 7.55. The summed E-state index contributed by atoms with van der Waals surface area (Å²) in [6.07, 6.45) is 3.77. The van der Waals surface area contributed by atoms with Crippen LogP contribution in [-0.2, 0) is 6.54 Å². The van der Waals surface area contributed by atoms with Gasteiger partial charge in [0.15, 0.2) is 0 Å². The fourth-order valence-electron chi connectivity index (χ4n) is 1.73. The van der Waals surface area contributed by atoms with E-state index in [0.717, 1.165) is 32.0 Å². The zero-order valence-corrected chi connectivity index (χ0v) is 8.24. The molecular formula is C11H15N3. The average Bonchev–Trinajstić information content (AvgIpc) is 2.42. The maximum Gasteiger partial charge on any atom is 0.133 e. The van der Waals surface area contributed by atoms with Gasteiger partial charge in [0, 0.05) is 37.9 Å². The molecule has 2 rings (SSSR count). The molecule has 3 heteroatoms. The van der Waals surface area contributed by atoms with E-state index in [4.69, 9.17) is 0 Å². The summed E-state index contributed by atoms with van der Waals surface area (Å²) >= 11 is 0. The summed E-state index contributed by atoms with van der Waals surface area (Å²) in [5.74, 6) is 1.09. The van der Waals surface area contributed by atoms with Crippen LogP contribution in [0.1, 0.15) is 5.56 Å². The molecule has 0 bridgehead atoms. The summed E-state index contributed by atoms with van der Waals surface area (Å²) in [6, 6.07) is 4.11. The van der Waals surface area contributed by atoms with Crippen LogP contribution in [-0.4, -0.2) is 24.6 Å². The van der Waals surface area contributed by atoms with Crippen molar-refractivity contribution in [3.05, 3.63) is 36.5 Å². The molecule has 0 unspecified atom stereocenters. The van der Waals surface area contributed by atoms with Gasteiger partial charge in [0.1, 0.15) is 5.82 Å². The number of aromatic nitrogens is 1. The highest BCUT2D eigenvalue weighted by Crippen LogP contribution is 2.18. The molecule has 0 fully saturated rings. The third-order valence-corrected chi connectivity index (χ3v) is 2.39. The second-order valence-corrected chi connectivity index (χ2v) is 3.40. The van der Waals surface area contributed by atoms with E-state index in [2.05, 4.69) is 27.8 Å². The van der Waals surface area contributed by atoms with Crippen LogP contribution < -0.4 is 10.2 Å². The van der Waals surface area contributed by atoms with Crippen LogP contribution >= 0.6 is 0 Å². The number of pyridine rings is 1. The lowest BCUT2D eigenvalue weighted by molar-refractivity contribution is 0.700. The Bertz CT molecular complexity index is 322. The summed E-state index contributed by atoms with van der Waals surface area (Å²) in [4.78, 5) is 6.67. The average molecular weight is 189 g/mol. The van der Waals surface area contributed by atoms with Gasteiger partial charge in [0.2, 0.25) is 0 Å². The van der Waals surface area contributed by atoms with Gasteiger partial charge in [-0.1, -0.05) is 12.1 Å². The Kier molecular flexibility index (Phi) is 2.79. The van der Waals surface area contributed by atoms with Gasteiger partial charge in [0.05, 0.1) is 0 Å². The number of anilines is 1. The topological polar surface area (TPSA) is 28.2 Å². The van der Waals surface area contributed by atoms with Crippen LogP contribution in [0.2, 0.25) is 0 Å². The third kappa shape index (κ3) is 1.77. The van der Waals surface area contributed by atoms with E-state index in [1.54, 1.807) is 0 Å². The molecule has 0 spiro atoms. The molecule has 1 N–H and O–H groups in total. The molecule has 14 heavy (non-hydrogen) atoms. The van der Waals surface area contributed by atoms with E-state index < -0.39 is 0 Å². The smallest absolute Gasteiger partial charge is 0.133 e. The molecule has 0 atom stereocenters. The molecule has 0 saturated carbocycles. The van der Waals surface area contributed by atoms with Crippen molar-refractivity contribution in [1.29, 1.82) is 0 Å². The second-order valence-electron chi connectivity index (χ2n) is 3.40. The monoisotopic (exact) mass is 189 g/mol. The van der Waals surface area contributed by atoms with E-state index in [1.807, 2.05) is 18.3 Å². The number of nitrogens with one attached hydrogen (secondary N) is 1. The summed E-state index contributed by atoms with van der Waals surface area (Å²) in [5, 5.41) is 3.38. The largest absolute Gasteiger partial charge is 0.351 e. The van der Waals surface area contributed by atoms with Gasteiger partial charge in [0.25, 0.3) is 0 Å². The molecule has 1 aliphatic heterocycles. The van der Waals surface area contributed by atoms with Crippen molar-refractivity contribution in [2.75, 3.05) is 24.5 Å². The van der Waals surface area contributed by atoms with Crippen LogP contribution in [0.3, 0.4) is 0 Å². The number of hydrogen-bond acceptors (Lipinski definition) is 3. The Hall–Kier alpha value is -1.35. The van der Waals surface area contributed by atoms with Crippen molar-refractivity contribution in [1.82, 2.24) is 10.3 Å². The van der Waals surface area contributed by atoms with Crippen LogP contribution in [0.15, 0.2) is 31.0 Å². The van der Waals surface area contributed by atoms with Gasteiger partial charge < -0.3 is 10.2 Å². The lowest BCUT2D eigenvalue weighted by atomic mass is 10.2. The molecule has 0 saturated heterocycles. The first kappa shape index (κ1) is 9.21. The minimum Gasteiger partial charge on any atom is -0.351 e. The van der Waals surface area contributed by atoms with Crippen molar-refractivity contribution in [3.63, 3.8) is 0 Å². The van der Waals surface area contributed by atoms with Crippen molar-refractivity contribution in [2.24, 2.45) is 0 Å². The number of fused-ring (bicyclic) bond motifs is 1. The van der Waals surface area contributed by atoms with Gasteiger partial charge in [-0.15, -0.1) is 6.58 Å². The van der Waals surface area contributed by atoms with Crippen LogP contribution in [0, 0.1) is 0 Å². The molecule has 3 nitrogen and oxygen atoms in total.